The Morgan fingerprint density at radius 3 is 2.54 bits per heavy atom. The number of H-pyrrole nitrogens is 1. The molecular formula is C46H55FN8O5S. The largest absolute Gasteiger partial charge is 0.488 e. The van der Waals surface area contributed by atoms with Gasteiger partial charge in [0, 0.05) is 42.8 Å². The highest BCUT2D eigenvalue weighted by Crippen LogP contribution is 2.54. The molecular weight excluding hydrogens is 796 g/mol. The Bertz CT molecular complexity index is 2510. The van der Waals surface area contributed by atoms with E-state index in [4.69, 9.17) is 15.2 Å². The minimum Gasteiger partial charge on any atom is -0.488 e. The predicted octanol–water partition coefficient (Wildman–Crippen LogP) is 7.63. The van der Waals surface area contributed by atoms with Gasteiger partial charge >= 0.3 is 0 Å². The van der Waals surface area contributed by atoms with Crippen molar-refractivity contribution in [2.24, 2.45) is 5.41 Å². The number of carbonyl (C=O) groups is 1. The molecule has 3 saturated heterocycles. The van der Waals surface area contributed by atoms with E-state index >= 15 is 4.39 Å². The molecule has 4 fully saturated rings. The van der Waals surface area contributed by atoms with Crippen molar-refractivity contribution in [1.29, 1.82) is 0 Å². The highest BCUT2D eigenvalue weighted by molar-refractivity contribution is 7.90. The van der Waals surface area contributed by atoms with Gasteiger partial charge in [-0.15, -0.1) is 0 Å². The topological polar surface area (TPSA) is 168 Å². The number of benzene rings is 2. The van der Waals surface area contributed by atoms with Crippen molar-refractivity contribution in [2.75, 3.05) is 50.0 Å². The number of hydrogen-bond donors (Lipinski definition) is 4. The second kappa shape index (κ2) is 16.6. The minimum atomic E-state index is -4.43. The molecule has 5 aromatic rings. The molecule has 9 rings (SSSR count). The molecule has 5 N–H and O–H groups in total. The van der Waals surface area contributed by atoms with Crippen LogP contribution in [0.3, 0.4) is 0 Å². The number of nitrogens with one attached hydrogen (secondary N) is 3. The minimum absolute atomic E-state index is 0.000364. The molecule has 0 radical (unpaired) electrons. The van der Waals surface area contributed by atoms with Crippen LogP contribution in [0.15, 0.2) is 84.1 Å². The first-order chi connectivity index (χ1) is 29.4. The van der Waals surface area contributed by atoms with E-state index in [0.717, 1.165) is 43.5 Å². The molecule has 3 aromatic heterocycles. The molecule has 0 bridgehead atoms. The van der Waals surface area contributed by atoms with Crippen LogP contribution in [-0.2, 0) is 10.0 Å². The van der Waals surface area contributed by atoms with E-state index < -0.39 is 21.6 Å². The highest BCUT2D eigenvalue weighted by Gasteiger charge is 2.50. The number of fused-ring (bicyclic) bond motifs is 1. The van der Waals surface area contributed by atoms with Crippen molar-refractivity contribution in [3.05, 3.63) is 96.1 Å². The SMILES string of the molecule is CC(C)c1ccccc1C1CCCN1C1CC2(CCN(c3cnc(C(=O)NS(=O)(=O)c4ccc(OCC5(F)CCNCC5)c(N)c4)c(Oc4cnc5[nH]ccc5c4)c3)CC2)C1. The number of amides is 1. The summed E-state index contributed by atoms with van der Waals surface area (Å²) in [6.45, 7) is 8.28. The highest BCUT2D eigenvalue weighted by atomic mass is 32.2. The number of hydrogen-bond acceptors (Lipinski definition) is 11. The van der Waals surface area contributed by atoms with Crippen molar-refractivity contribution in [1.82, 2.24) is 29.9 Å². The number of anilines is 2. The number of ether oxygens (including phenoxy) is 2. The zero-order valence-corrected chi connectivity index (χ0v) is 35.6. The normalized spacial score (nSPS) is 20.5. The number of nitrogen functional groups attached to an aromatic ring is 1. The monoisotopic (exact) mass is 850 g/mol. The molecule has 1 amide bonds. The van der Waals surface area contributed by atoms with Crippen LogP contribution in [0.1, 0.15) is 98.8 Å². The van der Waals surface area contributed by atoms with Gasteiger partial charge in [-0.1, -0.05) is 38.1 Å². The van der Waals surface area contributed by atoms with Crippen molar-refractivity contribution in [3.8, 4) is 17.2 Å². The van der Waals surface area contributed by atoms with Gasteiger partial charge in [0.15, 0.2) is 11.4 Å². The molecule has 1 unspecified atom stereocenters. The third-order valence-electron chi connectivity index (χ3n) is 13.4. The first-order valence-electron chi connectivity index (χ1n) is 21.6. The number of nitrogens with zero attached hydrogens (tertiary/aromatic N) is 4. The van der Waals surface area contributed by atoms with Crippen LogP contribution >= 0.6 is 0 Å². The maximum absolute atomic E-state index is 15.1. The van der Waals surface area contributed by atoms with Crippen LogP contribution in [0.25, 0.3) is 11.0 Å². The second-order valence-corrected chi connectivity index (χ2v) is 19.5. The van der Waals surface area contributed by atoms with Crippen LogP contribution in [-0.4, -0.2) is 85.2 Å². The number of alkyl halides is 1. The summed E-state index contributed by atoms with van der Waals surface area (Å²) < 4.78 is 56.4. The lowest BCUT2D eigenvalue weighted by Gasteiger charge is -2.56. The van der Waals surface area contributed by atoms with Gasteiger partial charge in [-0.05, 0) is 124 Å². The number of carbonyl (C=O) groups excluding carboxylic acids is 1. The molecule has 322 valence electrons. The van der Waals surface area contributed by atoms with Crippen LogP contribution in [0, 0.1) is 5.41 Å². The van der Waals surface area contributed by atoms with E-state index in [1.165, 1.54) is 61.2 Å². The molecule has 6 heterocycles. The van der Waals surface area contributed by atoms with Gasteiger partial charge in [0.2, 0.25) is 0 Å². The molecule has 4 aliphatic rings. The van der Waals surface area contributed by atoms with E-state index in [9.17, 15) is 13.2 Å². The second-order valence-electron chi connectivity index (χ2n) is 17.8. The summed E-state index contributed by atoms with van der Waals surface area (Å²) in [7, 11) is -4.43. The summed E-state index contributed by atoms with van der Waals surface area (Å²) in [5.74, 6) is 0.134. The Kier molecular flexibility index (Phi) is 11.2. The van der Waals surface area contributed by atoms with E-state index in [2.05, 4.69) is 72.9 Å². The fourth-order valence-electron chi connectivity index (χ4n) is 9.96. The quantitative estimate of drug-likeness (QED) is 0.0912. The standard InChI is InChI=1S/C46H55FN8O5S/c1-30(2)36-6-3-4-7-37(36)39-8-5-19-55(39)33-25-45(26-33)14-20-54(21-15-45)32-23-41(60-34-22-31-11-16-50-43(31)52-28-34)42(51-27-32)44(56)53-61(57,58)35-9-10-40(38(48)24-35)59-29-46(47)12-17-49-18-13-46/h3-4,6-7,9-11,16,22-24,27-28,30,33,39,49H,5,8,12-15,17-21,25-26,29,48H2,1-2H3,(H,50,52)(H,53,56). The number of aromatic amines is 1. The molecule has 3 aliphatic heterocycles. The Morgan fingerprint density at radius 2 is 1.77 bits per heavy atom. The van der Waals surface area contributed by atoms with E-state index in [1.54, 1.807) is 24.5 Å². The summed E-state index contributed by atoms with van der Waals surface area (Å²) in [6.07, 6.45) is 12.5. The first kappa shape index (κ1) is 41.1. The van der Waals surface area contributed by atoms with Gasteiger partial charge < -0.3 is 30.4 Å². The van der Waals surface area contributed by atoms with Gasteiger partial charge in [0.25, 0.3) is 15.9 Å². The molecule has 1 spiro atoms. The number of sulfonamides is 1. The summed E-state index contributed by atoms with van der Waals surface area (Å²) >= 11 is 0. The summed E-state index contributed by atoms with van der Waals surface area (Å²) in [5, 5.41) is 3.93. The summed E-state index contributed by atoms with van der Waals surface area (Å²) in [6, 6.07) is 19.3. The smallest absolute Gasteiger partial charge is 0.287 e. The number of halogens is 1. The fraction of sp³-hybridized carbons (Fsp3) is 0.457. The van der Waals surface area contributed by atoms with Gasteiger partial charge in [0.1, 0.15) is 29.4 Å². The number of likely N-dealkylation sites (tertiary alicyclic amines) is 1. The molecule has 1 atom stereocenters. The van der Waals surface area contributed by atoms with E-state index in [0.29, 0.717) is 60.7 Å². The molecule has 61 heavy (non-hydrogen) atoms. The zero-order chi connectivity index (χ0) is 42.4. The Labute approximate surface area is 356 Å². The number of rotatable bonds is 12. The zero-order valence-electron chi connectivity index (χ0n) is 34.8. The van der Waals surface area contributed by atoms with Crippen molar-refractivity contribution in [3.63, 3.8) is 0 Å². The number of pyridine rings is 2. The molecule has 2 aromatic carbocycles. The average Bonchev–Trinajstić information content (AvgIpc) is 3.93. The summed E-state index contributed by atoms with van der Waals surface area (Å²) in [5.41, 5.74) is 9.19. The predicted molar refractivity (Wildman–Crippen MR) is 233 cm³/mol. The van der Waals surface area contributed by atoms with Crippen LogP contribution in [0.2, 0.25) is 0 Å². The van der Waals surface area contributed by atoms with Gasteiger partial charge in [-0.2, -0.15) is 0 Å². The maximum atomic E-state index is 15.1. The van der Waals surface area contributed by atoms with Crippen molar-refractivity contribution >= 4 is 38.3 Å². The lowest BCUT2D eigenvalue weighted by molar-refractivity contribution is -0.0228. The van der Waals surface area contributed by atoms with E-state index in [-0.39, 0.29) is 34.4 Å². The maximum Gasteiger partial charge on any atom is 0.287 e. The number of piperidine rings is 2. The molecule has 1 saturated carbocycles. The lowest BCUT2D eigenvalue weighted by Crippen LogP contribution is -2.55. The van der Waals surface area contributed by atoms with Gasteiger partial charge in [-0.25, -0.2) is 27.5 Å². The molecule has 13 nitrogen and oxygen atoms in total. The third kappa shape index (κ3) is 8.52. The van der Waals surface area contributed by atoms with Crippen molar-refractivity contribution < 1.29 is 27.1 Å². The third-order valence-corrected chi connectivity index (χ3v) is 14.8. The fourth-order valence-corrected chi connectivity index (χ4v) is 10.9. The lowest BCUT2D eigenvalue weighted by atomic mass is 9.59. The van der Waals surface area contributed by atoms with E-state index in [1.807, 2.05) is 6.07 Å². The summed E-state index contributed by atoms with van der Waals surface area (Å²) in [4.78, 5) is 30.6. The van der Waals surface area contributed by atoms with Crippen LogP contribution in [0.4, 0.5) is 15.8 Å². The number of aromatic nitrogens is 3. The van der Waals surface area contributed by atoms with Crippen LogP contribution in [0.5, 0.6) is 17.2 Å². The average molecular weight is 851 g/mol. The molecule has 1 aliphatic carbocycles. The Balaban J connectivity index is 0.889. The number of nitrogens with two attached hydrogens (primary N) is 1. The Hall–Kier alpha value is -5.25. The Morgan fingerprint density at radius 1 is 0.984 bits per heavy atom. The first-order valence-corrected chi connectivity index (χ1v) is 23.1. The van der Waals surface area contributed by atoms with Crippen LogP contribution < -0.4 is 30.1 Å². The molecule has 15 heteroatoms. The van der Waals surface area contributed by atoms with Gasteiger partial charge in [0.05, 0.1) is 28.7 Å². The van der Waals surface area contributed by atoms with Crippen molar-refractivity contribution in [2.45, 2.75) is 93.8 Å². The van der Waals surface area contributed by atoms with Gasteiger partial charge in [-0.3, -0.25) is 9.69 Å².